The molecule has 1 aromatic carbocycles. The van der Waals surface area contributed by atoms with E-state index in [0.29, 0.717) is 36.4 Å². The highest BCUT2D eigenvalue weighted by atomic mass is 19.4. The number of fused-ring (bicyclic) bond motifs is 3. The van der Waals surface area contributed by atoms with Gasteiger partial charge in [-0.15, -0.1) is 0 Å². The van der Waals surface area contributed by atoms with E-state index < -0.39 is 24.3 Å². The van der Waals surface area contributed by atoms with E-state index in [1.54, 1.807) is 30.2 Å². The molecule has 0 radical (unpaired) electrons. The van der Waals surface area contributed by atoms with Gasteiger partial charge in [-0.25, -0.2) is 4.98 Å². The molecule has 4 heterocycles. The van der Waals surface area contributed by atoms with Crippen molar-refractivity contribution in [3.63, 3.8) is 0 Å². The third-order valence-corrected chi connectivity index (χ3v) is 6.40. The predicted octanol–water partition coefficient (Wildman–Crippen LogP) is 3.66. The zero-order valence-electron chi connectivity index (χ0n) is 19.1. The SMILES string of the molecule is Cc1cc2c(c(OC(C)C(F)(F)F)c1)C(=O)N1C[C@@H](Oc3cc4c(cn3)CCC(=O)N4)C[C@@H]1CO2. The predicted molar refractivity (Wildman–Crippen MR) is 118 cm³/mol. The van der Waals surface area contributed by atoms with Crippen LogP contribution in [0, 0.1) is 6.92 Å². The molecule has 2 aromatic rings. The number of alkyl halides is 3. The van der Waals surface area contributed by atoms with E-state index in [2.05, 4.69) is 10.3 Å². The van der Waals surface area contributed by atoms with Crippen molar-refractivity contribution in [2.24, 2.45) is 0 Å². The highest BCUT2D eigenvalue weighted by molar-refractivity contribution is 6.00. The second-order valence-electron chi connectivity index (χ2n) is 9.06. The lowest BCUT2D eigenvalue weighted by atomic mass is 10.1. The molecule has 1 fully saturated rings. The van der Waals surface area contributed by atoms with Gasteiger partial charge in [-0.3, -0.25) is 9.59 Å². The molecule has 0 spiro atoms. The summed E-state index contributed by atoms with van der Waals surface area (Å²) in [4.78, 5) is 31.0. The second-order valence-corrected chi connectivity index (χ2v) is 9.06. The number of benzene rings is 1. The van der Waals surface area contributed by atoms with Gasteiger partial charge in [0.1, 0.15) is 29.8 Å². The van der Waals surface area contributed by atoms with Crippen LogP contribution in [-0.4, -0.2) is 59.3 Å². The number of nitrogens with one attached hydrogen (secondary N) is 1. The lowest BCUT2D eigenvalue weighted by Gasteiger charge is -2.23. The normalized spacial score (nSPS) is 22.3. The van der Waals surface area contributed by atoms with E-state index in [4.69, 9.17) is 14.2 Å². The Morgan fingerprint density at radius 1 is 1.23 bits per heavy atom. The third-order valence-electron chi connectivity index (χ3n) is 6.40. The third kappa shape index (κ3) is 4.59. The van der Waals surface area contributed by atoms with Gasteiger partial charge in [-0.05, 0) is 43.5 Å². The van der Waals surface area contributed by atoms with Crippen molar-refractivity contribution in [3.05, 3.63) is 41.1 Å². The zero-order valence-corrected chi connectivity index (χ0v) is 19.1. The Morgan fingerprint density at radius 2 is 2.03 bits per heavy atom. The average Bonchev–Trinajstić information content (AvgIpc) is 3.13. The minimum absolute atomic E-state index is 0.0236. The smallest absolute Gasteiger partial charge is 0.425 e. The van der Waals surface area contributed by atoms with Gasteiger partial charge in [-0.1, -0.05) is 0 Å². The van der Waals surface area contributed by atoms with E-state index in [-0.39, 0.29) is 42.2 Å². The topological polar surface area (TPSA) is 90.0 Å². The Labute approximate surface area is 199 Å². The van der Waals surface area contributed by atoms with Gasteiger partial charge in [0, 0.05) is 25.1 Å². The minimum Gasteiger partial charge on any atom is -0.490 e. The number of carbonyl (C=O) groups is 2. The molecule has 3 aliphatic rings. The molecule has 1 unspecified atom stereocenters. The highest BCUT2D eigenvalue weighted by Crippen LogP contribution is 2.39. The standard InChI is InChI=1S/C24H24F3N3O5/c1-12-5-18-22(19(6-12)34-13(2)24(25,26)27)23(32)30-10-16(7-15(30)11-33-18)35-21-8-17-14(9-28-21)3-4-20(31)29-17/h5-6,8-9,13,15-16H,3-4,7,10-11H2,1-2H3,(H,29,31)/t13?,15-,16+/m1/s1. The van der Waals surface area contributed by atoms with Gasteiger partial charge in [0.2, 0.25) is 11.8 Å². The number of pyridine rings is 1. The van der Waals surface area contributed by atoms with Gasteiger partial charge in [-0.2, -0.15) is 13.2 Å². The number of carbonyl (C=O) groups excluding carboxylic acids is 2. The molecule has 3 atom stereocenters. The minimum atomic E-state index is -4.58. The van der Waals surface area contributed by atoms with E-state index in [1.807, 2.05) is 0 Å². The van der Waals surface area contributed by atoms with Crippen LogP contribution in [0.3, 0.4) is 0 Å². The maximum atomic E-state index is 13.5. The number of hydrogen-bond donors (Lipinski definition) is 1. The number of aryl methyl sites for hydroxylation is 2. The Kier molecular flexibility index (Phi) is 5.72. The maximum Gasteiger partial charge on any atom is 0.425 e. The average molecular weight is 491 g/mol. The Balaban J connectivity index is 1.36. The van der Waals surface area contributed by atoms with Crippen molar-refractivity contribution in [2.45, 2.75) is 57.5 Å². The Hall–Kier alpha value is -3.50. The number of anilines is 1. The fourth-order valence-corrected chi connectivity index (χ4v) is 4.57. The molecule has 0 bridgehead atoms. The van der Waals surface area contributed by atoms with Crippen LogP contribution in [0.15, 0.2) is 24.4 Å². The molecular weight excluding hydrogens is 467 g/mol. The number of nitrogens with zero attached hydrogens (tertiary/aromatic N) is 2. The van der Waals surface area contributed by atoms with Crippen molar-refractivity contribution in [3.8, 4) is 17.4 Å². The second kappa shape index (κ2) is 8.62. The van der Waals surface area contributed by atoms with Gasteiger partial charge in [0.15, 0.2) is 6.10 Å². The number of rotatable bonds is 4. The summed E-state index contributed by atoms with van der Waals surface area (Å²) in [5.74, 6) is -0.173. The van der Waals surface area contributed by atoms with Gasteiger partial charge < -0.3 is 24.4 Å². The summed E-state index contributed by atoms with van der Waals surface area (Å²) >= 11 is 0. The first-order chi connectivity index (χ1) is 16.6. The maximum absolute atomic E-state index is 13.5. The molecule has 1 aromatic heterocycles. The van der Waals surface area contributed by atoms with Crippen molar-refractivity contribution in [1.82, 2.24) is 9.88 Å². The largest absolute Gasteiger partial charge is 0.490 e. The first-order valence-electron chi connectivity index (χ1n) is 11.4. The molecule has 2 amide bonds. The summed E-state index contributed by atoms with van der Waals surface area (Å²) < 4.78 is 56.5. The van der Waals surface area contributed by atoms with Gasteiger partial charge in [0.05, 0.1) is 18.3 Å². The summed E-state index contributed by atoms with van der Waals surface area (Å²) in [7, 11) is 0. The highest BCUT2D eigenvalue weighted by Gasteiger charge is 2.43. The van der Waals surface area contributed by atoms with E-state index in [0.717, 1.165) is 12.5 Å². The number of ether oxygens (including phenoxy) is 3. The fourth-order valence-electron chi connectivity index (χ4n) is 4.57. The van der Waals surface area contributed by atoms with Crippen LogP contribution in [-0.2, 0) is 11.2 Å². The van der Waals surface area contributed by atoms with E-state index in [9.17, 15) is 22.8 Å². The molecule has 5 rings (SSSR count). The zero-order chi connectivity index (χ0) is 24.9. The molecule has 11 heteroatoms. The van der Waals surface area contributed by atoms with Crippen molar-refractivity contribution in [1.29, 1.82) is 0 Å². The van der Waals surface area contributed by atoms with Crippen LogP contribution in [0.5, 0.6) is 17.4 Å². The van der Waals surface area contributed by atoms with Crippen LogP contribution in [0.4, 0.5) is 18.9 Å². The van der Waals surface area contributed by atoms with Crippen molar-refractivity contribution in [2.75, 3.05) is 18.5 Å². The number of halogens is 3. The summed E-state index contributed by atoms with van der Waals surface area (Å²) in [6, 6.07) is 4.37. The quantitative estimate of drug-likeness (QED) is 0.702. The molecule has 186 valence electrons. The van der Waals surface area contributed by atoms with Gasteiger partial charge in [0.25, 0.3) is 5.91 Å². The van der Waals surface area contributed by atoms with Crippen molar-refractivity contribution >= 4 is 17.5 Å². The molecule has 8 nitrogen and oxygen atoms in total. The monoisotopic (exact) mass is 491 g/mol. The first-order valence-corrected chi connectivity index (χ1v) is 11.4. The lowest BCUT2D eigenvalue weighted by molar-refractivity contribution is -0.189. The molecule has 1 saturated heterocycles. The number of amides is 2. The summed E-state index contributed by atoms with van der Waals surface area (Å²) in [6.07, 6.45) is -3.94. The molecular formula is C24H24F3N3O5. The van der Waals surface area contributed by atoms with Crippen LogP contribution >= 0.6 is 0 Å². The Morgan fingerprint density at radius 3 is 2.80 bits per heavy atom. The lowest BCUT2D eigenvalue weighted by Crippen LogP contribution is -2.38. The summed E-state index contributed by atoms with van der Waals surface area (Å²) in [5, 5.41) is 2.80. The van der Waals surface area contributed by atoms with Crippen LogP contribution in [0.2, 0.25) is 0 Å². The van der Waals surface area contributed by atoms with Gasteiger partial charge >= 0.3 is 6.18 Å². The number of aromatic nitrogens is 1. The van der Waals surface area contributed by atoms with Crippen LogP contribution in [0.25, 0.3) is 0 Å². The Bertz CT molecular complexity index is 1190. The van der Waals surface area contributed by atoms with Crippen molar-refractivity contribution < 1.29 is 37.0 Å². The van der Waals surface area contributed by atoms with Crippen LogP contribution in [0.1, 0.15) is 41.3 Å². The summed E-state index contributed by atoms with van der Waals surface area (Å²) in [5.41, 5.74) is 2.18. The molecule has 0 aliphatic carbocycles. The number of hydrogen-bond acceptors (Lipinski definition) is 6. The first kappa shape index (κ1) is 23.3. The van der Waals surface area contributed by atoms with E-state index >= 15 is 0 Å². The van der Waals surface area contributed by atoms with Crippen LogP contribution < -0.4 is 19.5 Å². The molecule has 3 aliphatic heterocycles. The fraction of sp³-hybridized carbons (Fsp3) is 0.458. The molecule has 0 saturated carbocycles. The van der Waals surface area contributed by atoms with E-state index in [1.165, 1.54) is 6.07 Å². The molecule has 1 N–H and O–H groups in total. The summed E-state index contributed by atoms with van der Waals surface area (Å²) in [6.45, 7) is 2.97. The molecule has 35 heavy (non-hydrogen) atoms.